The van der Waals surface area contributed by atoms with E-state index in [0.29, 0.717) is 19.0 Å². The molecule has 0 unspecified atom stereocenters. The molecule has 1 fully saturated rings. The van der Waals surface area contributed by atoms with Gasteiger partial charge >= 0.3 is 12.1 Å². The normalized spacial score (nSPS) is 13.7. The molecule has 45 heavy (non-hydrogen) atoms. The zero-order valence-electron chi connectivity index (χ0n) is 23.4. The van der Waals surface area contributed by atoms with Crippen LogP contribution in [0.5, 0.6) is 0 Å². The minimum atomic E-state index is -5.08. The summed E-state index contributed by atoms with van der Waals surface area (Å²) in [5.74, 6) is -2.16. The summed E-state index contributed by atoms with van der Waals surface area (Å²) in [4.78, 5) is 21.1. The molecule has 0 atom stereocenters. The van der Waals surface area contributed by atoms with Gasteiger partial charge in [-0.3, -0.25) is 0 Å². The molecule has 12 nitrogen and oxygen atoms in total. The van der Waals surface area contributed by atoms with Gasteiger partial charge in [0.1, 0.15) is 5.69 Å². The lowest BCUT2D eigenvalue weighted by molar-refractivity contribution is -0.192. The molecule has 15 heteroatoms. The minimum Gasteiger partial charge on any atom is -0.475 e. The second kappa shape index (κ2) is 12.5. The van der Waals surface area contributed by atoms with Crippen LogP contribution in [0.25, 0.3) is 51.3 Å². The van der Waals surface area contributed by atoms with Crippen LogP contribution in [0.15, 0.2) is 72.9 Å². The van der Waals surface area contributed by atoms with Crippen molar-refractivity contribution in [1.82, 2.24) is 40.2 Å². The van der Waals surface area contributed by atoms with Gasteiger partial charge in [0, 0.05) is 29.6 Å². The number of ether oxygens (including phenoxy) is 1. The number of H-pyrrole nitrogens is 1. The molecule has 0 aliphatic carbocycles. The quantitative estimate of drug-likeness (QED) is 0.278. The Hall–Kier alpha value is -5.70. The highest BCUT2D eigenvalue weighted by Gasteiger charge is 2.38. The number of alkyl halides is 3. The van der Waals surface area contributed by atoms with E-state index in [1.54, 1.807) is 0 Å². The number of rotatable bonds is 5. The Morgan fingerprint density at radius 2 is 1.73 bits per heavy atom. The maximum absolute atomic E-state index is 10.6. The van der Waals surface area contributed by atoms with Crippen molar-refractivity contribution in [1.29, 1.82) is 0 Å². The number of carboxylic acids is 1. The molecule has 0 saturated carbocycles. The Labute approximate surface area is 252 Å². The van der Waals surface area contributed by atoms with E-state index >= 15 is 0 Å². The molecule has 2 N–H and O–H groups in total. The number of hydrogen-bond acceptors (Lipinski definition) is 9. The van der Waals surface area contributed by atoms with Crippen LogP contribution in [-0.4, -0.2) is 83.8 Å². The first-order valence-electron chi connectivity index (χ1n) is 13.7. The maximum Gasteiger partial charge on any atom is 0.490 e. The van der Waals surface area contributed by atoms with Gasteiger partial charge in [0.25, 0.3) is 0 Å². The first-order valence-corrected chi connectivity index (χ1v) is 13.7. The largest absolute Gasteiger partial charge is 0.490 e. The fourth-order valence-corrected chi connectivity index (χ4v) is 4.82. The number of nitrogens with zero attached hydrogens (tertiary/aromatic N) is 8. The van der Waals surface area contributed by atoms with Crippen LogP contribution >= 0.6 is 0 Å². The van der Waals surface area contributed by atoms with Gasteiger partial charge < -0.3 is 14.7 Å². The number of hydrogen-bond donors (Lipinski definition) is 2. The van der Waals surface area contributed by atoms with Crippen molar-refractivity contribution in [3.05, 3.63) is 84.3 Å². The van der Waals surface area contributed by atoms with Crippen LogP contribution in [-0.2, 0) is 9.53 Å². The zero-order chi connectivity index (χ0) is 31.4. The number of anilines is 1. The molecule has 0 spiro atoms. The molecule has 0 bridgehead atoms. The summed E-state index contributed by atoms with van der Waals surface area (Å²) in [6, 6.07) is 22.3. The summed E-state index contributed by atoms with van der Waals surface area (Å²) in [5, 5.41) is 27.3. The third kappa shape index (κ3) is 6.47. The molecule has 2 aromatic carbocycles. The second-order valence-corrected chi connectivity index (χ2v) is 9.79. The predicted octanol–water partition coefficient (Wildman–Crippen LogP) is 4.76. The van der Waals surface area contributed by atoms with E-state index < -0.39 is 12.1 Å². The zero-order valence-corrected chi connectivity index (χ0v) is 23.4. The van der Waals surface area contributed by atoms with Gasteiger partial charge in [0.15, 0.2) is 11.5 Å². The van der Waals surface area contributed by atoms with Crippen molar-refractivity contribution in [2.24, 2.45) is 0 Å². The number of benzene rings is 2. The van der Waals surface area contributed by atoms with Gasteiger partial charge in [-0.15, -0.1) is 5.10 Å². The van der Waals surface area contributed by atoms with Gasteiger partial charge in [-0.25, -0.2) is 24.4 Å². The number of fused-ring (bicyclic) bond motifs is 2. The third-order valence-electron chi connectivity index (χ3n) is 6.91. The molecule has 0 radical (unpaired) electrons. The summed E-state index contributed by atoms with van der Waals surface area (Å²) in [7, 11) is 0. The first kappa shape index (κ1) is 29.4. The fourth-order valence-electron chi connectivity index (χ4n) is 4.82. The van der Waals surface area contributed by atoms with Gasteiger partial charge in [-0.05, 0) is 46.8 Å². The molecule has 1 saturated heterocycles. The molecule has 1 aliphatic rings. The van der Waals surface area contributed by atoms with Gasteiger partial charge in [-0.1, -0.05) is 42.5 Å². The fraction of sp³-hybridized carbons (Fsp3) is 0.167. The lowest BCUT2D eigenvalue weighted by Gasteiger charge is -2.28. The Balaban J connectivity index is 0.000000460. The Morgan fingerprint density at radius 3 is 2.49 bits per heavy atom. The van der Waals surface area contributed by atoms with E-state index in [2.05, 4.69) is 37.7 Å². The summed E-state index contributed by atoms with van der Waals surface area (Å²) in [6.45, 7) is 3.00. The minimum absolute atomic E-state index is 0.597. The summed E-state index contributed by atoms with van der Waals surface area (Å²) in [5.41, 5.74) is 7.12. The van der Waals surface area contributed by atoms with Gasteiger partial charge in [-0.2, -0.15) is 18.3 Å². The van der Waals surface area contributed by atoms with Crippen LogP contribution in [0.2, 0.25) is 0 Å². The van der Waals surface area contributed by atoms with Gasteiger partial charge in [0.05, 0.1) is 42.0 Å². The first-order chi connectivity index (χ1) is 21.8. The topological polar surface area (TPSA) is 147 Å². The highest BCUT2D eigenvalue weighted by atomic mass is 19.4. The van der Waals surface area contributed by atoms with Crippen molar-refractivity contribution in [3.63, 3.8) is 0 Å². The van der Waals surface area contributed by atoms with E-state index in [1.807, 2.05) is 77.5 Å². The monoisotopic (exact) mass is 615 g/mol. The number of tetrazole rings is 1. The third-order valence-corrected chi connectivity index (χ3v) is 6.91. The smallest absolute Gasteiger partial charge is 0.475 e. The molecule has 5 heterocycles. The molecule has 0 amide bonds. The standard InChI is InChI=1S/C28H23N9O.C2HF3O2/c1-2-7-23-19(4-1)8-9-22(30-23)10-11-24-26(20-5-3-6-21(18-20)27-32-34-35-33-27)37-28(31-24)25(12-13-29-37)36-14-16-38-17-15-36;3-2(4,5)1(6)7/h1-13,18H,14-17H2,(H,32,33,34,35);(H,6,7). The number of aromatic nitrogens is 8. The predicted molar refractivity (Wildman–Crippen MR) is 159 cm³/mol. The highest BCUT2D eigenvalue weighted by Crippen LogP contribution is 2.32. The Kier molecular flexibility index (Phi) is 8.16. The van der Waals surface area contributed by atoms with Crippen molar-refractivity contribution in [3.8, 4) is 22.6 Å². The number of carbonyl (C=O) groups is 1. The number of halogens is 3. The Bertz CT molecular complexity index is 1990. The summed E-state index contributed by atoms with van der Waals surface area (Å²) >= 11 is 0. The van der Waals surface area contributed by atoms with Crippen LogP contribution in [0.3, 0.4) is 0 Å². The maximum atomic E-state index is 10.6. The van der Waals surface area contributed by atoms with E-state index in [1.165, 1.54) is 0 Å². The van der Waals surface area contributed by atoms with E-state index in [0.717, 1.165) is 63.5 Å². The number of aliphatic carboxylic acids is 1. The number of pyridine rings is 1. The number of morpholine rings is 1. The number of nitrogens with one attached hydrogen (secondary N) is 1. The van der Waals surface area contributed by atoms with Gasteiger partial charge in [0.2, 0.25) is 0 Å². The number of imidazole rings is 1. The van der Waals surface area contributed by atoms with Crippen LogP contribution in [0.1, 0.15) is 11.4 Å². The SMILES string of the molecule is C(=Cc1nc2c(N3CCOCC3)ccnn2c1-c1cccc(-c2nnn[nH]2)c1)c1ccc2ccccc2n1.O=C(O)C(F)(F)F. The van der Waals surface area contributed by atoms with Crippen LogP contribution < -0.4 is 4.90 Å². The Morgan fingerprint density at radius 1 is 0.956 bits per heavy atom. The average molecular weight is 616 g/mol. The lowest BCUT2D eigenvalue weighted by atomic mass is 10.1. The molecule has 1 aliphatic heterocycles. The molecule has 228 valence electrons. The van der Waals surface area contributed by atoms with Crippen molar-refractivity contribution in [2.75, 3.05) is 31.2 Å². The number of aromatic amines is 1. The number of para-hydroxylation sites is 1. The summed E-state index contributed by atoms with van der Waals surface area (Å²) < 4.78 is 39.2. The molecular weight excluding hydrogens is 591 g/mol. The average Bonchev–Trinajstić information content (AvgIpc) is 3.73. The molecular formula is C30H24F3N9O3. The second-order valence-electron chi connectivity index (χ2n) is 9.79. The molecule has 7 rings (SSSR count). The summed E-state index contributed by atoms with van der Waals surface area (Å²) in [6.07, 6.45) is 0.745. The lowest BCUT2D eigenvalue weighted by Crippen LogP contribution is -2.36. The van der Waals surface area contributed by atoms with Crippen LogP contribution in [0.4, 0.5) is 18.9 Å². The van der Waals surface area contributed by atoms with Crippen LogP contribution in [0, 0.1) is 0 Å². The van der Waals surface area contributed by atoms with Crippen molar-refractivity contribution >= 4 is 40.4 Å². The molecule has 6 aromatic rings. The van der Waals surface area contributed by atoms with E-state index in [9.17, 15) is 13.2 Å². The van der Waals surface area contributed by atoms with Crippen molar-refractivity contribution in [2.45, 2.75) is 6.18 Å². The molecule has 4 aromatic heterocycles. The van der Waals surface area contributed by atoms with E-state index in [-0.39, 0.29) is 0 Å². The highest BCUT2D eigenvalue weighted by molar-refractivity contribution is 5.85. The van der Waals surface area contributed by atoms with E-state index in [4.69, 9.17) is 29.7 Å². The number of carboxylic acid groups (broad SMARTS) is 1. The van der Waals surface area contributed by atoms with Crippen molar-refractivity contribution < 1.29 is 27.8 Å².